The van der Waals surface area contributed by atoms with Gasteiger partial charge in [0.15, 0.2) is 0 Å². The number of carbonyl (C=O) groups is 1. The van der Waals surface area contributed by atoms with Gasteiger partial charge in [-0.2, -0.15) is 4.98 Å². The number of rotatable bonds is 6. The fourth-order valence-electron chi connectivity index (χ4n) is 1.36. The number of hydrogen-bond acceptors (Lipinski definition) is 5. The first-order valence-corrected chi connectivity index (χ1v) is 5.39. The van der Waals surface area contributed by atoms with E-state index < -0.39 is 11.5 Å². The SMILES string of the molecule is CCOc1ccnc(NC(C)(C)CC(=O)O)n1. The molecule has 0 spiro atoms. The first kappa shape index (κ1) is 13.2. The highest BCUT2D eigenvalue weighted by Gasteiger charge is 2.22. The molecule has 0 aliphatic rings. The molecule has 0 saturated heterocycles. The summed E-state index contributed by atoms with van der Waals surface area (Å²) in [4.78, 5) is 18.8. The van der Waals surface area contributed by atoms with Gasteiger partial charge in [-0.1, -0.05) is 0 Å². The zero-order chi connectivity index (χ0) is 12.9. The monoisotopic (exact) mass is 239 g/mol. The molecule has 1 heterocycles. The summed E-state index contributed by atoms with van der Waals surface area (Å²) in [6, 6.07) is 1.65. The number of nitrogens with zero attached hydrogens (tertiary/aromatic N) is 2. The third-order valence-corrected chi connectivity index (χ3v) is 1.97. The number of aromatic nitrogens is 2. The Labute approximate surface area is 100 Å². The molecule has 0 atom stereocenters. The fraction of sp³-hybridized carbons (Fsp3) is 0.545. The summed E-state index contributed by atoms with van der Waals surface area (Å²) in [7, 11) is 0. The predicted octanol–water partition coefficient (Wildman–Crippen LogP) is 1.54. The standard InChI is InChI=1S/C11H17N3O3/c1-4-17-8-5-6-12-10(13-8)14-11(2,3)7-9(15)16/h5-6H,4,7H2,1-3H3,(H,15,16)(H,12,13,14). The van der Waals surface area contributed by atoms with E-state index in [4.69, 9.17) is 9.84 Å². The molecule has 1 rings (SSSR count). The largest absolute Gasteiger partial charge is 0.481 e. The van der Waals surface area contributed by atoms with Gasteiger partial charge in [0.25, 0.3) is 0 Å². The van der Waals surface area contributed by atoms with Crippen LogP contribution in [0.1, 0.15) is 27.2 Å². The maximum Gasteiger partial charge on any atom is 0.305 e. The van der Waals surface area contributed by atoms with Crippen molar-refractivity contribution in [3.05, 3.63) is 12.3 Å². The highest BCUT2D eigenvalue weighted by atomic mass is 16.5. The minimum atomic E-state index is -0.872. The molecular weight excluding hydrogens is 222 g/mol. The average molecular weight is 239 g/mol. The van der Waals surface area contributed by atoms with E-state index in [1.54, 1.807) is 26.1 Å². The minimum absolute atomic E-state index is 0.0186. The summed E-state index contributed by atoms with van der Waals surface area (Å²) in [5.41, 5.74) is -0.614. The molecule has 94 valence electrons. The van der Waals surface area contributed by atoms with Crippen LogP contribution in [0.2, 0.25) is 0 Å². The van der Waals surface area contributed by atoms with Gasteiger partial charge in [-0.3, -0.25) is 4.79 Å². The molecule has 17 heavy (non-hydrogen) atoms. The molecule has 0 aliphatic heterocycles. The van der Waals surface area contributed by atoms with Crippen molar-refractivity contribution in [3.8, 4) is 5.88 Å². The first-order chi connectivity index (χ1) is 7.93. The molecule has 1 aromatic rings. The average Bonchev–Trinajstić information content (AvgIpc) is 2.15. The molecule has 0 saturated carbocycles. The lowest BCUT2D eigenvalue weighted by atomic mass is 10.0. The Hall–Kier alpha value is -1.85. The maximum absolute atomic E-state index is 10.7. The van der Waals surface area contributed by atoms with E-state index in [2.05, 4.69) is 15.3 Å². The Morgan fingerprint density at radius 2 is 2.29 bits per heavy atom. The number of nitrogens with one attached hydrogen (secondary N) is 1. The molecule has 0 unspecified atom stereocenters. The predicted molar refractivity (Wildman–Crippen MR) is 63.2 cm³/mol. The van der Waals surface area contributed by atoms with Gasteiger partial charge in [-0.05, 0) is 20.8 Å². The smallest absolute Gasteiger partial charge is 0.305 e. The molecule has 6 nitrogen and oxygen atoms in total. The van der Waals surface area contributed by atoms with Gasteiger partial charge in [0.1, 0.15) is 0 Å². The second-order valence-electron chi connectivity index (χ2n) is 4.23. The van der Waals surface area contributed by atoms with Crippen molar-refractivity contribution in [2.75, 3.05) is 11.9 Å². The summed E-state index contributed by atoms with van der Waals surface area (Å²) in [6.07, 6.45) is 1.55. The Morgan fingerprint density at radius 3 is 2.88 bits per heavy atom. The quantitative estimate of drug-likeness (QED) is 0.783. The van der Waals surface area contributed by atoms with E-state index in [1.807, 2.05) is 6.92 Å². The van der Waals surface area contributed by atoms with Crippen molar-refractivity contribution in [1.82, 2.24) is 9.97 Å². The molecule has 0 aliphatic carbocycles. The normalized spacial score (nSPS) is 11.0. The zero-order valence-corrected chi connectivity index (χ0v) is 10.2. The molecule has 0 fully saturated rings. The molecule has 0 aromatic carbocycles. The molecule has 0 amide bonds. The van der Waals surface area contributed by atoms with Crippen molar-refractivity contribution >= 4 is 11.9 Å². The van der Waals surface area contributed by atoms with Crippen molar-refractivity contribution in [3.63, 3.8) is 0 Å². The van der Waals surface area contributed by atoms with Crippen LogP contribution < -0.4 is 10.1 Å². The summed E-state index contributed by atoms with van der Waals surface area (Å²) in [5, 5.41) is 11.7. The second-order valence-corrected chi connectivity index (χ2v) is 4.23. The minimum Gasteiger partial charge on any atom is -0.481 e. The van der Waals surface area contributed by atoms with Gasteiger partial charge in [-0.25, -0.2) is 4.98 Å². The van der Waals surface area contributed by atoms with E-state index >= 15 is 0 Å². The third kappa shape index (κ3) is 4.67. The van der Waals surface area contributed by atoms with E-state index in [1.165, 1.54) is 0 Å². The molecule has 6 heteroatoms. The summed E-state index contributed by atoms with van der Waals surface area (Å²) in [5.74, 6) is -0.0400. The van der Waals surface area contributed by atoms with Gasteiger partial charge in [0.05, 0.1) is 13.0 Å². The lowest BCUT2D eigenvalue weighted by molar-refractivity contribution is -0.137. The van der Waals surface area contributed by atoms with Crippen LogP contribution in [0.3, 0.4) is 0 Å². The molecule has 1 aromatic heterocycles. The van der Waals surface area contributed by atoms with E-state index in [-0.39, 0.29) is 6.42 Å². The van der Waals surface area contributed by atoms with E-state index in [0.29, 0.717) is 18.4 Å². The van der Waals surface area contributed by atoms with Crippen LogP contribution >= 0.6 is 0 Å². The highest BCUT2D eigenvalue weighted by Crippen LogP contribution is 2.16. The zero-order valence-electron chi connectivity index (χ0n) is 10.2. The first-order valence-electron chi connectivity index (χ1n) is 5.39. The Bertz CT molecular complexity index is 393. The second kappa shape index (κ2) is 5.47. The van der Waals surface area contributed by atoms with Crippen LogP contribution in [0.5, 0.6) is 5.88 Å². The summed E-state index contributed by atoms with van der Waals surface area (Å²) >= 11 is 0. The molecule has 0 radical (unpaired) electrons. The van der Waals surface area contributed by atoms with Crippen molar-refractivity contribution in [2.45, 2.75) is 32.7 Å². The molecule has 0 bridgehead atoms. The number of carboxylic acids is 1. The Balaban J connectivity index is 2.73. The van der Waals surface area contributed by atoms with Crippen LogP contribution in [0.15, 0.2) is 12.3 Å². The Kier molecular flexibility index (Phi) is 4.25. The number of anilines is 1. The molecular formula is C11H17N3O3. The van der Waals surface area contributed by atoms with Crippen molar-refractivity contribution in [1.29, 1.82) is 0 Å². The fourth-order valence-corrected chi connectivity index (χ4v) is 1.36. The summed E-state index contributed by atoms with van der Waals surface area (Å²) < 4.78 is 5.23. The number of aliphatic carboxylic acids is 1. The van der Waals surface area contributed by atoms with Crippen molar-refractivity contribution in [2.24, 2.45) is 0 Å². The van der Waals surface area contributed by atoms with Crippen LogP contribution in [0, 0.1) is 0 Å². The lowest BCUT2D eigenvalue weighted by Crippen LogP contribution is -2.34. The van der Waals surface area contributed by atoms with Crippen LogP contribution in [0.4, 0.5) is 5.95 Å². The maximum atomic E-state index is 10.7. The van der Waals surface area contributed by atoms with Gasteiger partial charge in [0, 0.05) is 17.8 Å². The van der Waals surface area contributed by atoms with Gasteiger partial charge >= 0.3 is 5.97 Å². The molecule has 2 N–H and O–H groups in total. The lowest BCUT2D eigenvalue weighted by Gasteiger charge is -2.24. The third-order valence-electron chi connectivity index (χ3n) is 1.97. The number of hydrogen-bond donors (Lipinski definition) is 2. The van der Waals surface area contributed by atoms with E-state index in [0.717, 1.165) is 0 Å². The highest BCUT2D eigenvalue weighted by molar-refractivity contribution is 5.69. The number of ether oxygens (including phenoxy) is 1. The van der Waals surface area contributed by atoms with Gasteiger partial charge in [-0.15, -0.1) is 0 Å². The van der Waals surface area contributed by atoms with Crippen LogP contribution in [-0.4, -0.2) is 33.2 Å². The van der Waals surface area contributed by atoms with Gasteiger partial charge < -0.3 is 15.2 Å². The topological polar surface area (TPSA) is 84.3 Å². The van der Waals surface area contributed by atoms with Gasteiger partial charge in [0.2, 0.25) is 11.8 Å². The van der Waals surface area contributed by atoms with E-state index in [9.17, 15) is 4.79 Å². The Morgan fingerprint density at radius 1 is 1.59 bits per heavy atom. The van der Waals surface area contributed by atoms with Crippen LogP contribution in [0.25, 0.3) is 0 Å². The summed E-state index contributed by atoms with van der Waals surface area (Å²) in [6.45, 7) is 5.94. The van der Waals surface area contributed by atoms with Crippen LogP contribution in [-0.2, 0) is 4.79 Å². The van der Waals surface area contributed by atoms with Crippen molar-refractivity contribution < 1.29 is 14.6 Å². The number of carboxylic acid groups (broad SMARTS) is 1.